The van der Waals surface area contributed by atoms with Crippen molar-refractivity contribution < 1.29 is 14.3 Å². The summed E-state index contributed by atoms with van der Waals surface area (Å²) in [7, 11) is 0. The molecular formula is C15H14O3. The third-order valence-corrected chi connectivity index (χ3v) is 2.59. The third-order valence-electron chi connectivity index (χ3n) is 2.59. The minimum Gasteiger partial charge on any atom is -0.481 e. The van der Waals surface area contributed by atoms with Crippen LogP contribution in [-0.4, -0.2) is 11.1 Å². The number of carboxylic acid groups (broad SMARTS) is 1. The number of fused-ring (bicyclic) bond motifs is 3. The fraction of sp³-hybridized carbons (Fsp3) is 0.133. The van der Waals surface area contributed by atoms with E-state index in [1.807, 2.05) is 36.4 Å². The number of benzene rings is 2. The summed E-state index contributed by atoms with van der Waals surface area (Å²) >= 11 is 0. The fourth-order valence-corrected chi connectivity index (χ4v) is 1.67. The lowest BCUT2D eigenvalue weighted by molar-refractivity contribution is -0.136. The second-order valence-corrected chi connectivity index (χ2v) is 3.84. The second kappa shape index (κ2) is 5.36. The number of furan rings is 1. The molecule has 1 heterocycles. The van der Waals surface area contributed by atoms with Crippen molar-refractivity contribution in [2.75, 3.05) is 0 Å². The highest BCUT2D eigenvalue weighted by Gasteiger charge is 2.03. The first kappa shape index (κ1) is 12.2. The Balaban J connectivity index is 0.000000209. The van der Waals surface area contributed by atoms with Gasteiger partial charge in [-0.25, -0.2) is 0 Å². The maximum atomic E-state index is 9.37. The SMILES string of the molecule is CCC(=O)O.c1ccc2c(c1)oc1ccccc12. The van der Waals surface area contributed by atoms with Crippen LogP contribution in [0.4, 0.5) is 0 Å². The van der Waals surface area contributed by atoms with Crippen molar-refractivity contribution >= 4 is 27.9 Å². The molecule has 3 aromatic rings. The Labute approximate surface area is 105 Å². The van der Waals surface area contributed by atoms with Crippen LogP contribution in [-0.2, 0) is 4.79 Å². The Hall–Kier alpha value is -2.29. The summed E-state index contributed by atoms with van der Waals surface area (Å²) in [5.41, 5.74) is 1.92. The molecule has 0 aliphatic rings. The van der Waals surface area contributed by atoms with Crippen LogP contribution in [0.3, 0.4) is 0 Å². The predicted octanol–water partition coefficient (Wildman–Crippen LogP) is 4.07. The first-order valence-electron chi connectivity index (χ1n) is 5.80. The largest absolute Gasteiger partial charge is 0.481 e. The molecule has 3 heteroatoms. The van der Waals surface area contributed by atoms with Crippen LogP contribution in [0.15, 0.2) is 52.9 Å². The summed E-state index contributed by atoms with van der Waals surface area (Å²) in [4.78, 5) is 9.37. The number of aliphatic carboxylic acids is 1. The topological polar surface area (TPSA) is 50.4 Å². The van der Waals surface area contributed by atoms with Gasteiger partial charge in [0.15, 0.2) is 0 Å². The van der Waals surface area contributed by atoms with E-state index in [4.69, 9.17) is 9.52 Å². The highest BCUT2D eigenvalue weighted by Crippen LogP contribution is 2.27. The van der Waals surface area contributed by atoms with Gasteiger partial charge in [-0.3, -0.25) is 4.79 Å². The van der Waals surface area contributed by atoms with Gasteiger partial charge in [0.1, 0.15) is 11.2 Å². The third kappa shape index (κ3) is 2.51. The lowest BCUT2D eigenvalue weighted by atomic mass is 10.2. The summed E-state index contributed by atoms with van der Waals surface area (Å²) in [6.07, 6.45) is 0.222. The predicted molar refractivity (Wildman–Crippen MR) is 71.6 cm³/mol. The molecule has 0 aliphatic carbocycles. The second-order valence-electron chi connectivity index (χ2n) is 3.84. The fourth-order valence-electron chi connectivity index (χ4n) is 1.67. The van der Waals surface area contributed by atoms with Gasteiger partial charge in [0, 0.05) is 17.2 Å². The van der Waals surface area contributed by atoms with Crippen molar-refractivity contribution in [2.45, 2.75) is 13.3 Å². The summed E-state index contributed by atoms with van der Waals surface area (Å²) in [5.74, 6) is -0.745. The van der Waals surface area contributed by atoms with Crippen LogP contribution >= 0.6 is 0 Å². The van der Waals surface area contributed by atoms with Gasteiger partial charge in [0.2, 0.25) is 0 Å². The molecule has 1 aromatic heterocycles. The highest BCUT2D eigenvalue weighted by molar-refractivity contribution is 6.04. The molecule has 0 amide bonds. The van der Waals surface area contributed by atoms with Gasteiger partial charge in [0.25, 0.3) is 0 Å². The van der Waals surface area contributed by atoms with Crippen LogP contribution in [0, 0.1) is 0 Å². The normalized spacial score (nSPS) is 10.1. The van der Waals surface area contributed by atoms with E-state index in [2.05, 4.69) is 12.1 Å². The smallest absolute Gasteiger partial charge is 0.303 e. The standard InChI is InChI=1S/C12H8O.C3H6O2/c1-3-7-11-9(5-1)10-6-2-4-8-12(10)13-11;1-2-3(4)5/h1-8H;2H2,1H3,(H,4,5). The van der Waals surface area contributed by atoms with Gasteiger partial charge in [-0.2, -0.15) is 0 Å². The molecule has 0 fully saturated rings. The average molecular weight is 242 g/mol. The average Bonchev–Trinajstić information content (AvgIpc) is 2.78. The molecule has 0 saturated heterocycles. The van der Waals surface area contributed by atoms with Gasteiger partial charge in [-0.15, -0.1) is 0 Å². The molecule has 0 bridgehead atoms. The zero-order valence-corrected chi connectivity index (χ0v) is 10.1. The molecule has 0 spiro atoms. The van der Waals surface area contributed by atoms with Crippen molar-refractivity contribution in [3.05, 3.63) is 48.5 Å². The summed E-state index contributed by atoms with van der Waals surface area (Å²) < 4.78 is 5.65. The Morgan fingerprint density at radius 1 is 1.00 bits per heavy atom. The number of carboxylic acids is 1. The Bertz CT molecular complexity index is 617. The molecule has 0 saturated carbocycles. The first-order chi connectivity index (χ1) is 8.72. The number of carbonyl (C=O) groups is 1. The Kier molecular flexibility index (Phi) is 3.63. The minimum atomic E-state index is -0.745. The van der Waals surface area contributed by atoms with Crippen LogP contribution in [0.2, 0.25) is 0 Å². The quantitative estimate of drug-likeness (QED) is 0.699. The van der Waals surface area contributed by atoms with Gasteiger partial charge < -0.3 is 9.52 Å². The number of hydrogen-bond acceptors (Lipinski definition) is 2. The van der Waals surface area contributed by atoms with Gasteiger partial charge >= 0.3 is 5.97 Å². The van der Waals surface area contributed by atoms with Crippen LogP contribution in [0.5, 0.6) is 0 Å². The number of para-hydroxylation sites is 2. The molecule has 18 heavy (non-hydrogen) atoms. The zero-order valence-electron chi connectivity index (χ0n) is 10.1. The Morgan fingerprint density at radius 2 is 1.39 bits per heavy atom. The van der Waals surface area contributed by atoms with Crippen LogP contribution < -0.4 is 0 Å². The van der Waals surface area contributed by atoms with Crippen molar-refractivity contribution in [2.24, 2.45) is 0 Å². The maximum absolute atomic E-state index is 9.37. The molecule has 3 rings (SSSR count). The molecule has 3 nitrogen and oxygen atoms in total. The van der Waals surface area contributed by atoms with E-state index in [1.165, 1.54) is 10.8 Å². The summed E-state index contributed by atoms with van der Waals surface area (Å²) in [5, 5.41) is 10.1. The van der Waals surface area contributed by atoms with E-state index in [9.17, 15) is 4.79 Å². The number of hydrogen-bond donors (Lipinski definition) is 1. The van der Waals surface area contributed by atoms with E-state index in [0.29, 0.717) is 0 Å². The minimum absolute atomic E-state index is 0.222. The van der Waals surface area contributed by atoms with Crippen molar-refractivity contribution in [1.82, 2.24) is 0 Å². The molecule has 0 radical (unpaired) electrons. The first-order valence-corrected chi connectivity index (χ1v) is 5.80. The van der Waals surface area contributed by atoms with E-state index < -0.39 is 5.97 Å². The molecular weight excluding hydrogens is 228 g/mol. The molecule has 92 valence electrons. The van der Waals surface area contributed by atoms with Crippen molar-refractivity contribution in [3.63, 3.8) is 0 Å². The molecule has 2 aromatic carbocycles. The van der Waals surface area contributed by atoms with E-state index in [1.54, 1.807) is 6.92 Å². The highest BCUT2D eigenvalue weighted by atomic mass is 16.4. The van der Waals surface area contributed by atoms with Gasteiger partial charge in [0.05, 0.1) is 0 Å². The molecule has 0 atom stereocenters. The van der Waals surface area contributed by atoms with Crippen molar-refractivity contribution in [1.29, 1.82) is 0 Å². The lowest BCUT2D eigenvalue weighted by Gasteiger charge is -1.85. The van der Waals surface area contributed by atoms with E-state index >= 15 is 0 Å². The van der Waals surface area contributed by atoms with Gasteiger partial charge in [-0.1, -0.05) is 43.3 Å². The van der Waals surface area contributed by atoms with Gasteiger partial charge in [-0.05, 0) is 12.1 Å². The van der Waals surface area contributed by atoms with E-state index in [0.717, 1.165) is 11.2 Å². The van der Waals surface area contributed by atoms with Crippen LogP contribution in [0.25, 0.3) is 21.9 Å². The lowest BCUT2D eigenvalue weighted by Crippen LogP contribution is -1.86. The van der Waals surface area contributed by atoms with Crippen LogP contribution in [0.1, 0.15) is 13.3 Å². The molecule has 0 aliphatic heterocycles. The number of rotatable bonds is 1. The molecule has 1 N–H and O–H groups in total. The molecule has 0 unspecified atom stereocenters. The Morgan fingerprint density at radius 3 is 1.78 bits per heavy atom. The van der Waals surface area contributed by atoms with Crippen molar-refractivity contribution in [3.8, 4) is 0 Å². The zero-order chi connectivity index (χ0) is 13.0. The summed E-state index contributed by atoms with van der Waals surface area (Å²) in [6, 6.07) is 16.2. The summed E-state index contributed by atoms with van der Waals surface area (Å²) in [6.45, 7) is 1.60. The van der Waals surface area contributed by atoms with E-state index in [-0.39, 0.29) is 6.42 Å². The maximum Gasteiger partial charge on any atom is 0.303 e. The monoisotopic (exact) mass is 242 g/mol.